The Morgan fingerprint density at radius 3 is 2.71 bits per heavy atom. The minimum atomic E-state index is -1.03. The van der Waals surface area contributed by atoms with Gasteiger partial charge in [0.15, 0.2) is 0 Å². The summed E-state index contributed by atoms with van der Waals surface area (Å²) in [6, 6.07) is 6.36. The lowest BCUT2D eigenvalue weighted by molar-refractivity contribution is 0.541. The van der Waals surface area contributed by atoms with E-state index in [1.165, 1.54) is 12.1 Å². The first-order valence-corrected chi connectivity index (χ1v) is 7.33. The van der Waals surface area contributed by atoms with E-state index in [0.717, 1.165) is 30.7 Å². The van der Waals surface area contributed by atoms with Crippen molar-refractivity contribution in [2.24, 2.45) is 0 Å². The predicted molar refractivity (Wildman–Crippen MR) is 67.9 cm³/mol. The zero-order valence-electron chi connectivity index (χ0n) is 9.99. The highest BCUT2D eigenvalue weighted by atomic mass is 32.2. The first kappa shape index (κ1) is 12.7. The van der Waals surface area contributed by atoms with Gasteiger partial charge >= 0.3 is 0 Å². The Kier molecular flexibility index (Phi) is 4.29. The molecule has 0 aromatic heterocycles. The van der Waals surface area contributed by atoms with Gasteiger partial charge in [0.1, 0.15) is 5.82 Å². The summed E-state index contributed by atoms with van der Waals surface area (Å²) in [5.41, 5.74) is 0. The monoisotopic (exact) mass is 255 g/mol. The zero-order valence-corrected chi connectivity index (χ0v) is 10.8. The van der Waals surface area contributed by atoms with Crippen LogP contribution in [0.2, 0.25) is 0 Å². The molecule has 94 valence electrons. The fraction of sp³-hybridized carbons (Fsp3) is 0.538. The third kappa shape index (κ3) is 2.93. The molecule has 0 aliphatic heterocycles. The Morgan fingerprint density at radius 1 is 1.35 bits per heavy atom. The zero-order chi connectivity index (χ0) is 12.3. The van der Waals surface area contributed by atoms with Crippen LogP contribution in [0.5, 0.6) is 0 Å². The largest absolute Gasteiger partial charge is 0.313 e. The van der Waals surface area contributed by atoms with Crippen molar-refractivity contribution in [3.8, 4) is 0 Å². The molecule has 3 unspecified atom stereocenters. The molecule has 3 atom stereocenters. The van der Waals surface area contributed by atoms with Gasteiger partial charge in [-0.15, -0.1) is 0 Å². The lowest BCUT2D eigenvalue weighted by Gasteiger charge is -2.19. The van der Waals surface area contributed by atoms with Gasteiger partial charge in [-0.05, 0) is 43.7 Å². The average Bonchev–Trinajstić information content (AvgIpc) is 2.78. The van der Waals surface area contributed by atoms with E-state index in [2.05, 4.69) is 12.2 Å². The van der Waals surface area contributed by atoms with Crippen LogP contribution in [0.3, 0.4) is 0 Å². The fourth-order valence-electron chi connectivity index (χ4n) is 2.42. The lowest BCUT2D eigenvalue weighted by atomic mass is 10.2. The van der Waals surface area contributed by atoms with Crippen molar-refractivity contribution in [3.05, 3.63) is 30.1 Å². The third-order valence-corrected chi connectivity index (χ3v) is 5.09. The van der Waals surface area contributed by atoms with Crippen molar-refractivity contribution in [1.29, 1.82) is 0 Å². The molecule has 1 saturated carbocycles. The third-order valence-electron chi connectivity index (χ3n) is 3.24. The van der Waals surface area contributed by atoms with Gasteiger partial charge in [0.05, 0.1) is 16.0 Å². The van der Waals surface area contributed by atoms with E-state index < -0.39 is 10.8 Å². The maximum atomic E-state index is 12.8. The van der Waals surface area contributed by atoms with Gasteiger partial charge in [-0.1, -0.05) is 13.3 Å². The van der Waals surface area contributed by atoms with E-state index in [1.807, 2.05) is 0 Å². The predicted octanol–water partition coefficient (Wildman–Crippen LogP) is 2.46. The number of halogens is 1. The summed E-state index contributed by atoms with van der Waals surface area (Å²) in [6.45, 7) is 2.97. The maximum absolute atomic E-state index is 12.8. The SMILES string of the molecule is CCNC1CCCC1S(=O)c1ccc(F)cc1. The molecule has 0 bridgehead atoms. The molecule has 4 heteroatoms. The fourth-order valence-corrected chi connectivity index (χ4v) is 4.09. The highest BCUT2D eigenvalue weighted by Gasteiger charge is 2.31. The number of hydrogen-bond acceptors (Lipinski definition) is 2. The topological polar surface area (TPSA) is 29.1 Å². The Balaban J connectivity index is 2.11. The minimum absolute atomic E-state index is 0.167. The van der Waals surface area contributed by atoms with E-state index in [0.29, 0.717) is 6.04 Å². The molecule has 0 spiro atoms. The molecular formula is C13H18FNOS. The molecular weight excluding hydrogens is 237 g/mol. The van der Waals surface area contributed by atoms with Gasteiger partial charge in [-0.3, -0.25) is 4.21 Å². The van der Waals surface area contributed by atoms with Crippen LogP contribution in [0.4, 0.5) is 4.39 Å². The molecule has 1 N–H and O–H groups in total. The molecule has 2 rings (SSSR count). The molecule has 1 aliphatic rings. The van der Waals surface area contributed by atoms with Crippen LogP contribution >= 0.6 is 0 Å². The summed E-state index contributed by atoms with van der Waals surface area (Å²) in [7, 11) is -1.03. The van der Waals surface area contributed by atoms with Crippen LogP contribution < -0.4 is 5.32 Å². The maximum Gasteiger partial charge on any atom is 0.123 e. The molecule has 2 nitrogen and oxygen atoms in total. The molecule has 0 amide bonds. The van der Waals surface area contributed by atoms with Crippen LogP contribution in [-0.4, -0.2) is 22.0 Å². The van der Waals surface area contributed by atoms with E-state index in [-0.39, 0.29) is 11.1 Å². The van der Waals surface area contributed by atoms with E-state index in [1.54, 1.807) is 12.1 Å². The summed E-state index contributed by atoms with van der Waals surface area (Å²) in [4.78, 5) is 0.737. The average molecular weight is 255 g/mol. The van der Waals surface area contributed by atoms with Gasteiger partial charge in [0.2, 0.25) is 0 Å². The first-order valence-electron chi connectivity index (χ1n) is 6.12. The van der Waals surface area contributed by atoms with Gasteiger partial charge in [-0.25, -0.2) is 4.39 Å². The van der Waals surface area contributed by atoms with Crippen LogP contribution in [-0.2, 0) is 10.8 Å². The molecule has 0 saturated heterocycles. The Labute approximate surface area is 104 Å². The van der Waals surface area contributed by atoms with Crippen LogP contribution in [0.15, 0.2) is 29.2 Å². The summed E-state index contributed by atoms with van der Waals surface area (Å²) in [6.07, 6.45) is 3.20. The molecule has 17 heavy (non-hydrogen) atoms. The Bertz CT molecular complexity index is 393. The standard InChI is InChI=1S/C13H18FNOS/c1-2-15-12-4-3-5-13(12)17(16)11-8-6-10(14)7-9-11/h6-9,12-13,15H,2-5H2,1H3. The Hall–Kier alpha value is -0.740. The van der Waals surface area contributed by atoms with Crippen molar-refractivity contribution in [1.82, 2.24) is 5.32 Å². The van der Waals surface area contributed by atoms with Gasteiger partial charge in [0.25, 0.3) is 0 Å². The summed E-state index contributed by atoms with van der Waals surface area (Å²) in [5.74, 6) is -0.277. The second-order valence-electron chi connectivity index (χ2n) is 4.38. The quantitative estimate of drug-likeness (QED) is 0.895. The van der Waals surface area contributed by atoms with E-state index in [4.69, 9.17) is 0 Å². The second kappa shape index (κ2) is 5.74. The molecule has 1 aromatic rings. The number of hydrogen-bond donors (Lipinski definition) is 1. The van der Waals surface area contributed by atoms with Crippen molar-refractivity contribution in [2.75, 3.05) is 6.54 Å². The molecule has 0 heterocycles. The first-order chi connectivity index (χ1) is 8.22. The van der Waals surface area contributed by atoms with Crippen molar-refractivity contribution < 1.29 is 8.60 Å². The highest BCUT2D eigenvalue weighted by molar-refractivity contribution is 7.85. The number of benzene rings is 1. The summed E-state index contributed by atoms with van der Waals surface area (Å²) in [5, 5.41) is 3.56. The Morgan fingerprint density at radius 2 is 2.06 bits per heavy atom. The van der Waals surface area contributed by atoms with E-state index >= 15 is 0 Å². The molecule has 1 aromatic carbocycles. The van der Waals surface area contributed by atoms with Gasteiger partial charge in [-0.2, -0.15) is 0 Å². The smallest absolute Gasteiger partial charge is 0.123 e. The second-order valence-corrected chi connectivity index (χ2v) is 6.06. The number of nitrogens with one attached hydrogen (secondary N) is 1. The normalized spacial score (nSPS) is 26.0. The molecule has 1 fully saturated rings. The summed E-state index contributed by atoms with van der Waals surface area (Å²) >= 11 is 0. The number of rotatable bonds is 4. The van der Waals surface area contributed by atoms with Crippen molar-refractivity contribution in [3.63, 3.8) is 0 Å². The van der Waals surface area contributed by atoms with Crippen LogP contribution in [0, 0.1) is 5.82 Å². The highest BCUT2D eigenvalue weighted by Crippen LogP contribution is 2.27. The van der Waals surface area contributed by atoms with Crippen molar-refractivity contribution in [2.45, 2.75) is 42.4 Å². The minimum Gasteiger partial charge on any atom is -0.313 e. The lowest BCUT2D eigenvalue weighted by Crippen LogP contribution is -2.37. The molecule has 0 radical (unpaired) electrons. The van der Waals surface area contributed by atoms with Gasteiger partial charge in [0, 0.05) is 10.9 Å². The van der Waals surface area contributed by atoms with Crippen molar-refractivity contribution >= 4 is 10.8 Å². The van der Waals surface area contributed by atoms with Crippen LogP contribution in [0.1, 0.15) is 26.2 Å². The van der Waals surface area contributed by atoms with E-state index in [9.17, 15) is 8.60 Å². The van der Waals surface area contributed by atoms with Gasteiger partial charge < -0.3 is 5.32 Å². The summed E-state index contributed by atoms with van der Waals surface area (Å²) < 4.78 is 25.2. The molecule has 1 aliphatic carbocycles. The van der Waals surface area contributed by atoms with Crippen LogP contribution in [0.25, 0.3) is 0 Å².